The van der Waals surface area contributed by atoms with Gasteiger partial charge in [0.15, 0.2) is 0 Å². The van der Waals surface area contributed by atoms with E-state index in [-0.39, 0.29) is 5.41 Å². The van der Waals surface area contributed by atoms with Crippen molar-refractivity contribution < 1.29 is 4.79 Å². The van der Waals surface area contributed by atoms with Gasteiger partial charge in [-0.1, -0.05) is 33.1 Å². The fourth-order valence-corrected chi connectivity index (χ4v) is 7.00. The highest BCUT2D eigenvalue weighted by Crippen LogP contribution is 2.65. The van der Waals surface area contributed by atoms with E-state index in [2.05, 4.69) is 13.8 Å². The van der Waals surface area contributed by atoms with Crippen LogP contribution in [0.2, 0.25) is 0 Å². The molecule has 4 saturated carbocycles. The number of Topliss-reactive ketones (excluding diaryl/α,β-unsaturated/α-hetero) is 1. The summed E-state index contributed by atoms with van der Waals surface area (Å²) in [6, 6.07) is 0. The van der Waals surface area contributed by atoms with E-state index in [9.17, 15) is 4.79 Å². The molecule has 0 aromatic carbocycles. The molecular formula is C19H30O. The van der Waals surface area contributed by atoms with E-state index >= 15 is 0 Å². The van der Waals surface area contributed by atoms with Crippen LogP contribution < -0.4 is 0 Å². The maximum absolute atomic E-state index is 12.9. The molecule has 0 aromatic rings. The van der Waals surface area contributed by atoms with Crippen molar-refractivity contribution in [2.24, 2.45) is 34.5 Å². The maximum Gasteiger partial charge on any atom is 0.139 e. The third-order valence-corrected chi connectivity index (χ3v) is 8.25. The largest absolute Gasteiger partial charge is 0.299 e. The van der Waals surface area contributed by atoms with Crippen molar-refractivity contribution in [1.82, 2.24) is 0 Å². The summed E-state index contributed by atoms with van der Waals surface area (Å²) in [5.74, 6) is 3.89. The van der Waals surface area contributed by atoms with Gasteiger partial charge in [0.05, 0.1) is 0 Å². The number of hydrogen-bond acceptors (Lipinski definition) is 1. The minimum Gasteiger partial charge on any atom is -0.299 e. The molecule has 0 spiro atoms. The Labute approximate surface area is 123 Å². The molecule has 0 aromatic heterocycles. The molecule has 1 heteroatoms. The molecule has 0 bridgehead atoms. The topological polar surface area (TPSA) is 17.1 Å². The van der Waals surface area contributed by atoms with Crippen LogP contribution in [0.3, 0.4) is 0 Å². The van der Waals surface area contributed by atoms with Gasteiger partial charge in [-0.2, -0.15) is 0 Å². The summed E-state index contributed by atoms with van der Waals surface area (Å²) in [7, 11) is 0. The van der Waals surface area contributed by atoms with E-state index in [1.165, 1.54) is 57.8 Å². The minimum absolute atomic E-state index is 0.0685. The third-order valence-electron chi connectivity index (χ3n) is 8.25. The van der Waals surface area contributed by atoms with Crippen molar-refractivity contribution in [2.75, 3.05) is 0 Å². The lowest BCUT2D eigenvalue weighted by atomic mass is 9.45. The van der Waals surface area contributed by atoms with Crippen molar-refractivity contribution in [3.63, 3.8) is 0 Å². The molecular weight excluding hydrogens is 244 g/mol. The first-order chi connectivity index (χ1) is 9.56. The summed E-state index contributed by atoms with van der Waals surface area (Å²) in [4.78, 5) is 12.9. The van der Waals surface area contributed by atoms with E-state index in [1.807, 2.05) is 0 Å². The number of fused-ring (bicyclic) bond motifs is 5. The summed E-state index contributed by atoms with van der Waals surface area (Å²) >= 11 is 0. The lowest BCUT2D eigenvalue weighted by molar-refractivity contribution is -0.152. The Balaban J connectivity index is 1.70. The summed E-state index contributed by atoms with van der Waals surface area (Å²) in [5.41, 5.74) is 0.569. The Morgan fingerprint density at radius 1 is 0.900 bits per heavy atom. The van der Waals surface area contributed by atoms with E-state index in [1.54, 1.807) is 0 Å². The second kappa shape index (κ2) is 4.34. The Morgan fingerprint density at radius 2 is 1.75 bits per heavy atom. The van der Waals surface area contributed by atoms with Crippen molar-refractivity contribution in [1.29, 1.82) is 0 Å². The van der Waals surface area contributed by atoms with Crippen LogP contribution in [0.25, 0.3) is 0 Å². The molecule has 6 atom stereocenters. The minimum atomic E-state index is 0.0685. The SMILES string of the molecule is CC12CCCC1C1CCC3CCCCC3(C)C1CC2=O. The Kier molecular flexibility index (Phi) is 2.89. The van der Waals surface area contributed by atoms with Gasteiger partial charge in [-0.3, -0.25) is 4.79 Å². The van der Waals surface area contributed by atoms with Gasteiger partial charge < -0.3 is 0 Å². The quantitative estimate of drug-likeness (QED) is 0.608. The monoisotopic (exact) mass is 274 g/mol. The average molecular weight is 274 g/mol. The van der Waals surface area contributed by atoms with Gasteiger partial charge in [-0.15, -0.1) is 0 Å². The molecule has 4 aliphatic rings. The van der Waals surface area contributed by atoms with Crippen molar-refractivity contribution in [3.05, 3.63) is 0 Å². The lowest BCUT2D eigenvalue weighted by Crippen LogP contribution is -2.54. The predicted molar refractivity (Wildman–Crippen MR) is 81.4 cm³/mol. The van der Waals surface area contributed by atoms with E-state index < -0.39 is 0 Å². The van der Waals surface area contributed by atoms with Gasteiger partial charge in [0.25, 0.3) is 0 Å². The highest BCUT2D eigenvalue weighted by Gasteiger charge is 2.60. The molecule has 0 N–H and O–H groups in total. The van der Waals surface area contributed by atoms with Crippen molar-refractivity contribution >= 4 is 5.78 Å². The molecule has 4 aliphatic carbocycles. The highest BCUT2D eigenvalue weighted by atomic mass is 16.1. The van der Waals surface area contributed by atoms with Crippen LogP contribution in [0.15, 0.2) is 0 Å². The Bertz CT molecular complexity index is 427. The molecule has 6 unspecified atom stereocenters. The summed E-state index contributed by atoms with van der Waals surface area (Å²) < 4.78 is 0. The molecule has 112 valence electrons. The summed E-state index contributed by atoms with van der Waals surface area (Å²) in [6.45, 7) is 4.86. The number of carbonyl (C=O) groups excluding carboxylic acids is 1. The standard InChI is InChI=1S/C19H30O/c1-18-10-4-3-6-13(18)8-9-14-15-7-5-11-19(15,2)17(20)12-16(14)18/h13-16H,3-12H2,1-2H3. The molecule has 4 fully saturated rings. The van der Waals surface area contributed by atoms with Crippen LogP contribution >= 0.6 is 0 Å². The maximum atomic E-state index is 12.9. The van der Waals surface area contributed by atoms with Gasteiger partial charge in [0, 0.05) is 11.8 Å². The normalized spacial score (nSPS) is 55.0. The molecule has 0 radical (unpaired) electrons. The van der Waals surface area contributed by atoms with Crippen LogP contribution in [0.4, 0.5) is 0 Å². The number of carbonyl (C=O) groups is 1. The number of hydrogen-bond donors (Lipinski definition) is 0. The smallest absolute Gasteiger partial charge is 0.139 e. The van der Waals surface area contributed by atoms with Crippen LogP contribution in [0.1, 0.15) is 78.1 Å². The van der Waals surface area contributed by atoms with E-state index in [0.717, 1.165) is 30.1 Å². The van der Waals surface area contributed by atoms with Crippen LogP contribution in [0, 0.1) is 34.5 Å². The second-order valence-corrected chi connectivity index (χ2v) is 8.84. The fourth-order valence-electron chi connectivity index (χ4n) is 7.00. The van der Waals surface area contributed by atoms with Gasteiger partial charge in [0.2, 0.25) is 0 Å². The summed E-state index contributed by atoms with van der Waals surface area (Å²) in [5, 5.41) is 0. The number of ketones is 1. The fraction of sp³-hybridized carbons (Fsp3) is 0.947. The molecule has 0 heterocycles. The molecule has 0 saturated heterocycles. The molecule has 0 amide bonds. The van der Waals surface area contributed by atoms with Crippen LogP contribution in [0.5, 0.6) is 0 Å². The van der Waals surface area contributed by atoms with Crippen LogP contribution in [-0.4, -0.2) is 5.78 Å². The van der Waals surface area contributed by atoms with Crippen molar-refractivity contribution in [3.8, 4) is 0 Å². The van der Waals surface area contributed by atoms with Gasteiger partial charge in [0.1, 0.15) is 5.78 Å². The first kappa shape index (κ1) is 13.3. The van der Waals surface area contributed by atoms with Gasteiger partial charge in [-0.25, -0.2) is 0 Å². The highest BCUT2D eigenvalue weighted by molar-refractivity contribution is 5.86. The van der Waals surface area contributed by atoms with Gasteiger partial charge in [-0.05, 0) is 67.6 Å². The van der Waals surface area contributed by atoms with Gasteiger partial charge >= 0.3 is 0 Å². The zero-order valence-corrected chi connectivity index (χ0v) is 13.3. The average Bonchev–Trinajstić information content (AvgIpc) is 2.83. The zero-order chi connectivity index (χ0) is 14.0. The second-order valence-electron chi connectivity index (χ2n) is 8.84. The predicted octanol–water partition coefficient (Wildman–Crippen LogP) is 4.99. The first-order valence-corrected chi connectivity index (χ1v) is 9.09. The third kappa shape index (κ3) is 1.58. The molecule has 0 aliphatic heterocycles. The Hall–Kier alpha value is -0.330. The summed E-state index contributed by atoms with van der Waals surface area (Å²) in [6.07, 6.45) is 13.3. The molecule has 20 heavy (non-hydrogen) atoms. The number of rotatable bonds is 0. The van der Waals surface area contributed by atoms with E-state index in [4.69, 9.17) is 0 Å². The van der Waals surface area contributed by atoms with Crippen molar-refractivity contribution in [2.45, 2.75) is 78.1 Å². The molecule has 4 rings (SSSR count). The molecule has 1 nitrogen and oxygen atoms in total. The lowest BCUT2D eigenvalue weighted by Gasteiger charge is -2.59. The first-order valence-electron chi connectivity index (χ1n) is 9.09. The Morgan fingerprint density at radius 3 is 2.60 bits per heavy atom. The van der Waals surface area contributed by atoms with Crippen LogP contribution in [-0.2, 0) is 4.79 Å². The van der Waals surface area contributed by atoms with E-state index in [0.29, 0.717) is 11.2 Å². The zero-order valence-electron chi connectivity index (χ0n) is 13.3.